The zero-order chi connectivity index (χ0) is 13.9. The third kappa shape index (κ3) is 3.75. The van der Waals surface area contributed by atoms with E-state index >= 15 is 0 Å². The second-order valence-corrected chi connectivity index (χ2v) is 7.00. The molecule has 0 radical (unpaired) electrons. The molecule has 0 spiro atoms. The van der Waals surface area contributed by atoms with Crippen molar-refractivity contribution >= 4 is 9.84 Å². The highest BCUT2D eigenvalue weighted by Crippen LogP contribution is 2.15. The Bertz CT molecular complexity index is 608. The Kier molecular flexibility index (Phi) is 4.17. The predicted octanol–water partition coefficient (Wildman–Crippen LogP) is 1.32. The molecule has 0 bridgehead atoms. The van der Waals surface area contributed by atoms with Crippen LogP contribution in [0.25, 0.3) is 0 Å². The highest BCUT2D eigenvalue weighted by Gasteiger charge is 2.19. The first-order chi connectivity index (χ1) is 9.00. The summed E-state index contributed by atoms with van der Waals surface area (Å²) in [5.41, 5.74) is 1.05. The van der Waals surface area contributed by atoms with Crippen molar-refractivity contribution in [2.45, 2.75) is 13.0 Å². The number of hydrogen-bond donors (Lipinski definition) is 0. The summed E-state index contributed by atoms with van der Waals surface area (Å²) in [4.78, 5) is 2.00. The molecule has 0 N–H and O–H groups in total. The second kappa shape index (κ2) is 5.68. The molecular formula is C13H15FN2O2S. The zero-order valence-corrected chi connectivity index (χ0v) is 11.3. The van der Waals surface area contributed by atoms with Gasteiger partial charge < -0.3 is 0 Å². The average molecular weight is 282 g/mol. The number of halogens is 1. The van der Waals surface area contributed by atoms with Crippen LogP contribution in [0.5, 0.6) is 0 Å². The fraction of sp³-hybridized carbons (Fsp3) is 0.462. The van der Waals surface area contributed by atoms with Crippen LogP contribution in [-0.4, -0.2) is 37.9 Å². The van der Waals surface area contributed by atoms with Crippen LogP contribution < -0.4 is 0 Å². The number of rotatable bonds is 2. The summed E-state index contributed by atoms with van der Waals surface area (Å²) >= 11 is 0. The minimum atomic E-state index is -2.93. The minimum Gasteiger partial charge on any atom is -0.298 e. The molecule has 1 aliphatic rings. The Hall–Kier alpha value is -1.45. The van der Waals surface area contributed by atoms with Crippen molar-refractivity contribution in [1.29, 1.82) is 5.26 Å². The van der Waals surface area contributed by atoms with Gasteiger partial charge in [-0.1, -0.05) is 6.07 Å². The predicted molar refractivity (Wildman–Crippen MR) is 69.7 cm³/mol. The van der Waals surface area contributed by atoms with Gasteiger partial charge in [-0.15, -0.1) is 0 Å². The molecule has 0 amide bonds. The van der Waals surface area contributed by atoms with Crippen LogP contribution >= 0.6 is 0 Å². The molecule has 102 valence electrons. The van der Waals surface area contributed by atoms with Crippen LogP contribution in [0.4, 0.5) is 4.39 Å². The SMILES string of the molecule is N#Cc1cc(F)ccc1CN1CCCS(=O)(=O)CC1. The highest BCUT2D eigenvalue weighted by molar-refractivity contribution is 7.91. The van der Waals surface area contributed by atoms with Crippen molar-refractivity contribution < 1.29 is 12.8 Å². The Balaban J connectivity index is 2.12. The molecule has 1 fully saturated rings. The molecule has 0 aromatic heterocycles. The summed E-state index contributed by atoms with van der Waals surface area (Å²) < 4.78 is 36.1. The van der Waals surface area contributed by atoms with Gasteiger partial charge >= 0.3 is 0 Å². The Morgan fingerprint density at radius 2 is 2.11 bits per heavy atom. The van der Waals surface area contributed by atoms with Gasteiger partial charge in [0, 0.05) is 13.1 Å². The van der Waals surface area contributed by atoms with Gasteiger partial charge in [0.15, 0.2) is 9.84 Å². The second-order valence-electron chi connectivity index (χ2n) is 4.69. The quantitative estimate of drug-likeness (QED) is 0.820. The topological polar surface area (TPSA) is 61.2 Å². The van der Waals surface area contributed by atoms with E-state index in [0.717, 1.165) is 5.56 Å². The van der Waals surface area contributed by atoms with Crippen LogP contribution in [0.2, 0.25) is 0 Å². The van der Waals surface area contributed by atoms with E-state index in [-0.39, 0.29) is 11.5 Å². The van der Waals surface area contributed by atoms with Crippen molar-refractivity contribution in [3.63, 3.8) is 0 Å². The molecule has 1 aromatic rings. The number of nitriles is 1. The van der Waals surface area contributed by atoms with Crippen LogP contribution in [0.3, 0.4) is 0 Å². The van der Waals surface area contributed by atoms with E-state index in [2.05, 4.69) is 0 Å². The molecule has 1 saturated heterocycles. The molecule has 0 unspecified atom stereocenters. The van der Waals surface area contributed by atoms with Gasteiger partial charge in [-0.25, -0.2) is 12.8 Å². The largest absolute Gasteiger partial charge is 0.298 e. The molecule has 1 aliphatic heterocycles. The third-order valence-corrected chi connectivity index (χ3v) is 4.95. The van der Waals surface area contributed by atoms with Gasteiger partial charge in [-0.2, -0.15) is 5.26 Å². The van der Waals surface area contributed by atoms with Gasteiger partial charge in [-0.05, 0) is 30.7 Å². The molecule has 4 nitrogen and oxygen atoms in total. The lowest BCUT2D eigenvalue weighted by Gasteiger charge is -2.19. The molecule has 1 aromatic carbocycles. The Morgan fingerprint density at radius 1 is 1.32 bits per heavy atom. The third-order valence-electron chi connectivity index (χ3n) is 3.23. The van der Waals surface area contributed by atoms with E-state index < -0.39 is 15.7 Å². The summed E-state index contributed by atoms with van der Waals surface area (Å²) in [5.74, 6) is -0.0626. The molecule has 2 rings (SSSR count). The van der Waals surface area contributed by atoms with Gasteiger partial charge in [0.25, 0.3) is 0 Å². The van der Waals surface area contributed by atoms with Crippen molar-refractivity contribution in [1.82, 2.24) is 4.90 Å². The Labute approximate surface area is 112 Å². The number of nitrogens with zero attached hydrogens (tertiary/aromatic N) is 2. The van der Waals surface area contributed by atoms with Crippen LogP contribution in [0.15, 0.2) is 18.2 Å². The van der Waals surface area contributed by atoms with Gasteiger partial charge in [-0.3, -0.25) is 4.90 Å². The normalized spacial score (nSPS) is 19.6. The average Bonchev–Trinajstić information content (AvgIpc) is 2.53. The summed E-state index contributed by atoms with van der Waals surface area (Å²) in [6.07, 6.45) is 0.603. The van der Waals surface area contributed by atoms with E-state index in [1.54, 1.807) is 6.07 Å². The minimum absolute atomic E-state index is 0.149. The van der Waals surface area contributed by atoms with E-state index in [1.165, 1.54) is 12.1 Å². The van der Waals surface area contributed by atoms with Crippen LogP contribution in [0.1, 0.15) is 17.5 Å². The molecule has 1 heterocycles. The lowest BCUT2D eigenvalue weighted by Crippen LogP contribution is -2.27. The fourth-order valence-corrected chi connectivity index (χ4v) is 3.49. The molecule has 0 atom stereocenters. The first kappa shape index (κ1) is 14.0. The monoisotopic (exact) mass is 282 g/mol. The Morgan fingerprint density at radius 3 is 2.84 bits per heavy atom. The fourth-order valence-electron chi connectivity index (χ4n) is 2.18. The summed E-state index contributed by atoms with van der Waals surface area (Å²) in [6, 6.07) is 6.10. The van der Waals surface area contributed by atoms with Gasteiger partial charge in [0.2, 0.25) is 0 Å². The molecule has 6 heteroatoms. The summed E-state index contributed by atoms with van der Waals surface area (Å²) in [5, 5.41) is 8.98. The van der Waals surface area contributed by atoms with Crippen molar-refractivity contribution in [3.8, 4) is 6.07 Å². The van der Waals surface area contributed by atoms with E-state index in [1.807, 2.05) is 11.0 Å². The van der Waals surface area contributed by atoms with Crippen LogP contribution in [0, 0.1) is 17.1 Å². The van der Waals surface area contributed by atoms with Crippen molar-refractivity contribution in [3.05, 3.63) is 35.1 Å². The first-order valence-electron chi connectivity index (χ1n) is 6.11. The van der Waals surface area contributed by atoms with Crippen molar-refractivity contribution in [2.75, 3.05) is 24.6 Å². The number of benzene rings is 1. The van der Waals surface area contributed by atoms with Gasteiger partial charge in [0.05, 0.1) is 23.1 Å². The van der Waals surface area contributed by atoms with Crippen molar-refractivity contribution in [2.24, 2.45) is 0 Å². The highest BCUT2D eigenvalue weighted by atomic mass is 32.2. The van der Waals surface area contributed by atoms with Gasteiger partial charge in [0.1, 0.15) is 5.82 Å². The van der Waals surface area contributed by atoms with E-state index in [4.69, 9.17) is 5.26 Å². The maximum absolute atomic E-state index is 13.0. The lowest BCUT2D eigenvalue weighted by molar-refractivity contribution is 0.287. The maximum Gasteiger partial charge on any atom is 0.151 e. The molecule has 0 saturated carbocycles. The zero-order valence-electron chi connectivity index (χ0n) is 10.5. The van der Waals surface area contributed by atoms with E-state index in [0.29, 0.717) is 31.6 Å². The molecule has 0 aliphatic carbocycles. The number of hydrogen-bond acceptors (Lipinski definition) is 4. The number of sulfone groups is 1. The molecule has 19 heavy (non-hydrogen) atoms. The molecular weight excluding hydrogens is 267 g/mol. The summed E-state index contributed by atoms with van der Waals surface area (Å²) in [7, 11) is -2.93. The standard InChI is InChI=1S/C13H15FN2O2S/c14-13-3-2-11(12(8-13)9-15)10-16-4-1-6-19(17,18)7-5-16/h2-3,8H,1,4-7,10H2. The maximum atomic E-state index is 13.0. The van der Waals surface area contributed by atoms with E-state index in [9.17, 15) is 12.8 Å². The summed E-state index contributed by atoms with van der Waals surface area (Å²) in [6.45, 7) is 1.63. The van der Waals surface area contributed by atoms with Crippen LogP contribution in [-0.2, 0) is 16.4 Å². The smallest absolute Gasteiger partial charge is 0.151 e. The lowest BCUT2D eigenvalue weighted by atomic mass is 10.1. The first-order valence-corrected chi connectivity index (χ1v) is 7.93.